The molecule has 25 heavy (non-hydrogen) atoms. The summed E-state index contributed by atoms with van der Waals surface area (Å²) in [5.41, 5.74) is 5.13. The van der Waals surface area contributed by atoms with E-state index in [1.54, 1.807) is 44.2 Å². The van der Waals surface area contributed by atoms with Crippen LogP contribution < -0.4 is 16.2 Å². The Labute approximate surface area is 149 Å². The van der Waals surface area contributed by atoms with Crippen LogP contribution in [-0.4, -0.2) is 23.8 Å². The lowest BCUT2D eigenvalue weighted by Crippen LogP contribution is -2.51. The predicted molar refractivity (Wildman–Crippen MR) is 92.2 cm³/mol. The van der Waals surface area contributed by atoms with Gasteiger partial charge in [0.15, 0.2) is 0 Å². The van der Waals surface area contributed by atoms with Crippen LogP contribution >= 0.6 is 11.6 Å². The summed E-state index contributed by atoms with van der Waals surface area (Å²) in [4.78, 5) is 36.1. The largest absolute Gasteiger partial charge is 0.466 e. The molecule has 0 aliphatic rings. The van der Waals surface area contributed by atoms with Crippen molar-refractivity contribution in [2.45, 2.75) is 26.8 Å². The molecule has 132 valence electrons. The highest BCUT2D eigenvalue weighted by Gasteiger charge is 2.19. The molecule has 0 aliphatic carbocycles. The zero-order valence-corrected chi connectivity index (χ0v) is 14.7. The third kappa shape index (κ3) is 4.60. The fourth-order valence-electron chi connectivity index (χ4n) is 2.14. The minimum Gasteiger partial charge on any atom is -0.466 e. The van der Waals surface area contributed by atoms with Gasteiger partial charge in [0.05, 0.1) is 16.1 Å². The van der Waals surface area contributed by atoms with E-state index in [0.717, 1.165) is 0 Å². The van der Waals surface area contributed by atoms with Crippen LogP contribution in [0.1, 0.15) is 39.2 Å². The molecule has 0 saturated carbocycles. The quantitative estimate of drug-likeness (QED) is 0.724. The molecule has 3 N–H and O–H groups in total. The van der Waals surface area contributed by atoms with Gasteiger partial charge in [-0.25, -0.2) is 0 Å². The van der Waals surface area contributed by atoms with Crippen molar-refractivity contribution in [3.8, 4) is 0 Å². The summed E-state index contributed by atoms with van der Waals surface area (Å²) in [5.74, 6) is -0.529. The van der Waals surface area contributed by atoms with Crippen LogP contribution in [0.25, 0.3) is 0 Å². The molecule has 1 atom stereocenters. The van der Waals surface area contributed by atoms with Crippen LogP contribution in [-0.2, 0) is 4.79 Å². The van der Waals surface area contributed by atoms with Crippen molar-refractivity contribution in [1.82, 2.24) is 16.2 Å². The van der Waals surface area contributed by atoms with E-state index in [4.69, 9.17) is 16.0 Å². The smallest absolute Gasteiger partial charge is 0.273 e. The molecule has 1 aromatic heterocycles. The van der Waals surface area contributed by atoms with Gasteiger partial charge in [-0.3, -0.25) is 25.2 Å². The monoisotopic (exact) mass is 363 g/mol. The molecule has 0 aliphatic heterocycles. The van der Waals surface area contributed by atoms with E-state index >= 15 is 0 Å². The number of halogens is 1. The van der Waals surface area contributed by atoms with Gasteiger partial charge in [-0.05, 0) is 39.0 Å². The van der Waals surface area contributed by atoms with Crippen molar-refractivity contribution in [1.29, 1.82) is 0 Å². The summed E-state index contributed by atoms with van der Waals surface area (Å²) in [6, 6.07) is 7.19. The SMILES string of the molecule is Cc1cc(C(=O)NNC(=O)[C@H](C)NC(=O)c2ccccc2Cl)c(C)o1. The molecule has 8 heteroatoms. The number of rotatable bonds is 4. The first-order chi connectivity index (χ1) is 11.8. The Kier molecular flexibility index (Phi) is 5.82. The van der Waals surface area contributed by atoms with Crippen molar-refractivity contribution in [2.75, 3.05) is 0 Å². The van der Waals surface area contributed by atoms with Crippen molar-refractivity contribution in [3.63, 3.8) is 0 Å². The molecule has 1 aromatic carbocycles. The Morgan fingerprint density at radius 2 is 1.72 bits per heavy atom. The van der Waals surface area contributed by atoms with Gasteiger partial charge < -0.3 is 9.73 Å². The van der Waals surface area contributed by atoms with Crippen molar-refractivity contribution in [3.05, 3.63) is 58.0 Å². The molecule has 7 nitrogen and oxygen atoms in total. The van der Waals surface area contributed by atoms with Crippen LogP contribution in [0, 0.1) is 13.8 Å². The molecule has 0 unspecified atom stereocenters. The molecule has 0 radical (unpaired) electrons. The van der Waals surface area contributed by atoms with Crippen LogP contribution in [0.4, 0.5) is 0 Å². The average Bonchev–Trinajstić information content (AvgIpc) is 2.91. The van der Waals surface area contributed by atoms with Crippen LogP contribution in [0.15, 0.2) is 34.7 Å². The highest BCUT2D eigenvalue weighted by Crippen LogP contribution is 2.15. The summed E-state index contributed by atoms with van der Waals surface area (Å²) in [7, 11) is 0. The maximum Gasteiger partial charge on any atom is 0.273 e. The second-order valence-electron chi connectivity index (χ2n) is 5.45. The lowest BCUT2D eigenvalue weighted by atomic mass is 10.2. The number of hydrazine groups is 1. The van der Waals surface area contributed by atoms with Gasteiger partial charge in [0, 0.05) is 0 Å². The first-order valence-corrected chi connectivity index (χ1v) is 7.90. The topological polar surface area (TPSA) is 100 Å². The number of aryl methyl sites for hydroxylation is 2. The molecule has 1 heterocycles. The molecule has 0 spiro atoms. The van der Waals surface area contributed by atoms with E-state index in [-0.39, 0.29) is 10.6 Å². The van der Waals surface area contributed by atoms with Crippen molar-refractivity contribution < 1.29 is 18.8 Å². The van der Waals surface area contributed by atoms with Gasteiger partial charge in [-0.15, -0.1) is 0 Å². The Hall–Kier alpha value is -2.80. The Balaban J connectivity index is 1.90. The molecule has 0 saturated heterocycles. The Morgan fingerprint density at radius 1 is 1.04 bits per heavy atom. The van der Waals surface area contributed by atoms with Gasteiger partial charge in [0.2, 0.25) is 0 Å². The zero-order valence-electron chi connectivity index (χ0n) is 14.0. The minimum absolute atomic E-state index is 0.261. The second kappa shape index (κ2) is 7.85. The predicted octanol–water partition coefficient (Wildman–Crippen LogP) is 2.13. The van der Waals surface area contributed by atoms with Crippen LogP contribution in [0.2, 0.25) is 5.02 Å². The lowest BCUT2D eigenvalue weighted by Gasteiger charge is -2.15. The van der Waals surface area contributed by atoms with Crippen molar-refractivity contribution in [2.24, 2.45) is 0 Å². The van der Waals surface area contributed by atoms with Gasteiger partial charge in [-0.1, -0.05) is 23.7 Å². The van der Waals surface area contributed by atoms with Gasteiger partial charge in [0.25, 0.3) is 17.7 Å². The average molecular weight is 364 g/mol. The van der Waals surface area contributed by atoms with E-state index in [0.29, 0.717) is 17.1 Å². The molecule has 2 rings (SSSR count). The molecular formula is C17H18ClN3O4. The summed E-state index contributed by atoms with van der Waals surface area (Å²) in [5, 5.41) is 2.79. The van der Waals surface area contributed by atoms with Gasteiger partial charge in [0.1, 0.15) is 17.6 Å². The van der Waals surface area contributed by atoms with E-state index in [2.05, 4.69) is 16.2 Å². The number of carbonyl (C=O) groups excluding carboxylic acids is 3. The standard InChI is InChI=1S/C17H18ClN3O4/c1-9-8-13(11(3)25-9)17(24)21-20-15(22)10(2)19-16(23)12-6-4-5-7-14(12)18/h4-8,10H,1-3H3,(H,19,23)(H,20,22)(H,21,24)/t10-/m0/s1. The fourth-order valence-corrected chi connectivity index (χ4v) is 2.36. The molecule has 2 aromatic rings. The summed E-state index contributed by atoms with van der Waals surface area (Å²) < 4.78 is 5.26. The first kappa shape index (κ1) is 18.5. The van der Waals surface area contributed by atoms with E-state index in [1.165, 1.54) is 6.92 Å². The summed E-state index contributed by atoms with van der Waals surface area (Å²) >= 11 is 5.94. The maximum absolute atomic E-state index is 12.1. The summed E-state index contributed by atoms with van der Waals surface area (Å²) in [6.45, 7) is 4.86. The van der Waals surface area contributed by atoms with Gasteiger partial charge >= 0.3 is 0 Å². The highest BCUT2D eigenvalue weighted by molar-refractivity contribution is 6.33. The fraction of sp³-hybridized carbons (Fsp3) is 0.235. The minimum atomic E-state index is -0.878. The number of nitrogens with one attached hydrogen (secondary N) is 3. The van der Waals surface area contributed by atoms with E-state index in [9.17, 15) is 14.4 Å². The van der Waals surface area contributed by atoms with Crippen LogP contribution in [0.3, 0.4) is 0 Å². The van der Waals surface area contributed by atoms with E-state index < -0.39 is 23.8 Å². The van der Waals surface area contributed by atoms with Crippen LogP contribution in [0.5, 0.6) is 0 Å². The summed E-state index contributed by atoms with van der Waals surface area (Å²) in [6.07, 6.45) is 0. The zero-order chi connectivity index (χ0) is 18.6. The second-order valence-corrected chi connectivity index (χ2v) is 5.85. The number of hydrogen-bond acceptors (Lipinski definition) is 4. The molecule has 3 amide bonds. The lowest BCUT2D eigenvalue weighted by molar-refractivity contribution is -0.123. The normalized spacial score (nSPS) is 11.5. The van der Waals surface area contributed by atoms with E-state index in [1.807, 2.05) is 0 Å². The molecule has 0 bridgehead atoms. The number of benzene rings is 1. The number of amides is 3. The highest BCUT2D eigenvalue weighted by atomic mass is 35.5. The Bertz CT molecular complexity index is 816. The molecule has 0 fully saturated rings. The van der Waals surface area contributed by atoms with Gasteiger partial charge in [-0.2, -0.15) is 0 Å². The third-order valence-electron chi connectivity index (χ3n) is 3.44. The third-order valence-corrected chi connectivity index (χ3v) is 3.77. The molecular weight excluding hydrogens is 346 g/mol. The van der Waals surface area contributed by atoms with Crippen molar-refractivity contribution >= 4 is 29.3 Å². The number of hydrogen-bond donors (Lipinski definition) is 3. The Morgan fingerprint density at radius 3 is 2.32 bits per heavy atom. The number of carbonyl (C=O) groups is 3. The maximum atomic E-state index is 12.1. The number of furan rings is 1. The first-order valence-electron chi connectivity index (χ1n) is 7.52.